The third kappa shape index (κ3) is 4.83. The van der Waals surface area contributed by atoms with Crippen molar-refractivity contribution in [3.63, 3.8) is 0 Å². The van der Waals surface area contributed by atoms with Crippen molar-refractivity contribution in [2.75, 3.05) is 19.7 Å². The van der Waals surface area contributed by atoms with Gasteiger partial charge in [-0.2, -0.15) is 0 Å². The second-order valence-electron chi connectivity index (χ2n) is 8.57. The van der Waals surface area contributed by atoms with Crippen molar-refractivity contribution in [1.82, 2.24) is 20.2 Å². The summed E-state index contributed by atoms with van der Waals surface area (Å²) in [5.41, 5.74) is 2.27. The topological polar surface area (TPSA) is 67.3 Å². The van der Waals surface area contributed by atoms with Crippen LogP contribution in [0.4, 0.5) is 4.39 Å². The summed E-state index contributed by atoms with van der Waals surface area (Å²) in [6.45, 7) is 4.77. The van der Waals surface area contributed by atoms with E-state index in [9.17, 15) is 9.18 Å². The van der Waals surface area contributed by atoms with Crippen LogP contribution in [-0.2, 0) is 0 Å². The predicted molar refractivity (Wildman–Crippen MR) is 128 cm³/mol. The number of aromatic nitrogens is 2. The van der Waals surface area contributed by atoms with Gasteiger partial charge < -0.3 is 15.0 Å². The first-order valence-corrected chi connectivity index (χ1v) is 11.3. The largest absolute Gasteiger partial charge is 0.478 e. The standard InChI is InChI=1S/C25H27FN4O2.CH4/c1-2-32-24-8-5-16(15-27-24)22-14-21(20-7-6-17(26)11-23(20)29-22)25(31)28-18-12-19(13-18)30-9-3-4-10-30;/h5-8,11,14-15,18-19H,2-4,9-10,12-13H2,1H3,(H,28,31);1H4. The van der Waals surface area contributed by atoms with Gasteiger partial charge in [0.05, 0.1) is 23.4 Å². The van der Waals surface area contributed by atoms with Crippen LogP contribution in [0.2, 0.25) is 0 Å². The smallest absolute Gasteiger partial charge is 0.252 e. The number of rotatable bonds is 6. The molecule has 3 heterocycles. The summed E-state index contributed by atoms with van der Waals surface area (Å²) in [6.07, 6.45) is 6.18. The summed E-state index contributed by atoms with van der Waals surface area (Å²) in [4.78, 5) is 24.6. The Kier molecular flexibility index (Phi) is 6.88. The molecule has 2 aliphatic rings. The zero-order valence-electron chi connectivity index (χ0n) is 18.2. The highest BCUT2D eigenvalue weighted by Gasteiger charge is 2.35. The van der Waals surface area contributed by atoms with E-state index < -0.39 is 0 Å². The maximum Gasteiger partial charge on any atom is 0.252 e. The van der Waals surface area contributed by atoms with E-state index >= 15 is 0 Å². The number of benzene rings is 1. The molecule has 1 N–H and O–H groups in total. The van der Waals surface area contributed by atoms with Crippen LogP contribution in [0.25, 0.3) is 22.2 Å². The van der Waals surface area contributed by atoms with E-state index in [0.717, 1.165) is 18.4 Å². The number of hydrogen-bond acceptors (Lipinski definition) is 5. The van der Waals surface area contributed by atoms with Crippen LogP contribution in [0.3, 0.4) is 0 Å². The summed E-state index contributed by atoms with van der Waals surface area (Å²) in [7, 11) is 0. The Morgan fingerprint density at radius 2 is 1.97 bits per heavy atom. The third-order valence-electron chi connectivity index (χ3n) is 6.45. The number of pyridine rings is 2. The van der Waals surface area contributed by atoms with Crippen LogP contribution >= 0.6 is 0 Å². The van der Waals surface area contributed by atoms with E-state index in [1.165, 1.54) is 38.1 Å². The van der Waals surface area contributed by atoms with Crippen molar-refractivity contribution in [1.29, 1.82) is 0 Å². The Balaban J connectivity index is 0.00000259. The molecule has 5 rings (SSSR count). The zero-order chi connectivity index (χ0) is 22.1. The quantitative estimate of drug-likeness (QED) is 0.583. The molecular formula is C26H31FN4O2. The van der Waals surface area contributed by atoms with Crippen molar-refractivity contribution < 1.29 is 13.9 Å². The summed E-state index contributed by atoms with van der Waals surface area (Å²) < 4.78 is 19.3. The van der Waals surface area contributed by atoms with Gasteiger partial charge in [-0.15, -0.1) is 0 Å². The molecular weight excluding hydrogens is 419 g/mol. The average Bonchev–Trinajstić information content (AvgIpc) is 3.30. The summed E-state index contributed by atoms with van der Waals surface area (Å²) >= 11 is 0. The number of hydrogen-bond donors (Lipinski definition) is 1. The molecule has 1 aliphatic heterocycles. The SMILES string of the molecule is C.CCOc1ccc(-c2cc(C(=O)NC3CC(N4CCCC4)C3)c3ccc(F)cc3n2)cn1. The molecule has 0 spiro atoms. The lowest BCUT2D eigenvalue weighted by molar-refractivity contribution is 0.0821. The highest BCUT2D eigenvalue weighted by Crippen LogP contribution is 2.30. The molecule has 1 saturated carbocycles. The normalized spacial score (nSPS) is 20.2. The van der Waals surface area contributed by atoms with Gasteiger partial charge >= 0.3 is 0 Å². The van der Waals surface area contributed by atoms with Gasteiger partial charge in [-0.3, -0.25) is 4.79 Å². The monoisotopic (exact) mass is 450 g/mol. The van der Waals surface area contributed by atoms with Crippen LogP contribution < -0.4 is 10.1 Å². The van der Waals surface area contributed by atoms with Crippen LogP contribution in [0.15, 0.2) is 42.6 Å². The fraction of sp³-hybridized carbons (Fsp3) is 0.423. The van der Waals surface area contributed by atoms with E-state index in [2.05, 4.69) is 20.2 Å². The molecule has 0 unspecified atom stereocenters. The van der Waals surface area contributed by atoms with Crippen LogP contribution in [0.5, 0.6) is 5.88 Å². The summed E-state index contributed by atoms with van der Waals surface area (Å²) in [5.74, 6) is -0.00149. The molecule has 33 heavy (non-hydrogen) atoms. The van der Waals surface area contributed by atoms with Crippen molar-refractivity contribution >= 4 is 16.8 Å². The molecule has 2 aromatic heterocycles. The summed E-state index contributed by atoms with van der Waals surface area (Å²) in [6, 6.07) is 10.5. The molecule has 0 atom stereocenters. The minimum Gasteiger partial charge on any atom is -0.478 e. The number of halogens is 1. The van der Waals surface area contributed by atoms with Crippen molar-refractivity contribution in [3.05, 3.63) is 54.0 Å². The number of ether oxygens (including phenoxy) is 1. The minimum absolute atomic E-state index is 0. The van der Waals surface area contributed by atoms with Gasteiger partial charge in [-0.05, 0) is 70.0 Å². The van der Waals surface area contributed by atoms with Crippen LogP contribution in [0, 0.1) is 5.82 Å². The molecule has 2 fully saturated rings. The maximum atomic E-state index is 13.9. The Hall–Kier alpha value is -3.06. The number of amides is 1. The first-order valence-electron chi connectivity index (χ1n) is 11.3. The van der Waals surface area contributed by atoms with Crippen molar-refractivity contribution in [3.8, 4) is 17.1 Å². The van der Waals surface area contributed by atoms with Crippen molar-refractivity contribution in [2.24, 2.45) is 0 Å². The number of fused-ring (bicyclic) bond motifs is 1. The van der Waals surface area contributed by atoms with Gasteiger partial charge in [0.25, 0.3) is 5.91 Å². The highest BCUT2D eigenvalue weighted by molar-refractivity contribution is 6.07. The van der Waals surface area contributed by atoms with E-state index in [1.807, 2.05) is 13.0 Å². The molecule has 1 aromatic carbocycles. The molecule has 1 saturated heterocycles. The first kappa shape index (κ1) is 23.1. The van der Waals surface area contributed by atoms with E-state index in [-0.39, 0.29) is 25.2 Å². The van der Waals surface area contributed by atoms with Gasteiger partial charge in [-0.25, -0.2) is 14.4 Å². The molecule has 0 radical (unpaired) electrons. The molecule has 1 amide bonds. The Labute approximate surface area is 194 Å². The third-order valence-corrected chi connectivity index (χ3v) is 6.45. The Bertz CT molecular complexity index is 1120. The van der Waals surface area contributed by atoms with Crippen molar-refractivity contribution in [2.45, 2.75) is 52.1 Å². The first-order chi connectivity index (χ1) is 15.6. The second-order valence-corrected chi connectivity index (χ2v) is 8.57. The van der Waals surface area contributed by atoms with Gasteiger partial charge in [0.2, 0.25) is 5.88 Å². The Morgan fingerprint density at radius 1 is 1.18 bits per heavy atom. The van der Waals surface area contributed by atoms with Gasteiger partial charge in [0.1, 0.15) is 5.82 Å². The number of nitrogens with zero attached hydrogens (tertiary/aromatic N) is 3. The number of likely N-dealkylation sites (tertiary alicyclic amines) is 1. The van der Waals surface area contributed by atoms with Crippen LogP contribution in [-0.4, -0.2) is 52.6 Å². The van der Waals surface area contributed by atoms with Gasteiger partial charge in [-0.1, -0.05) is 7.43 Å². The molecule has 174 valence electrons. The highest BCUT2D eigenvalue weighted by atomic mass is 19.1. The lowest BCUT2D eigenvalue weighted by Crippen LogP contribution is -2.53. The van der Waals surface area contributed by atoms with E-state index in [4.69, 9.17) is 4.74 Å². The molecule has 6 nitrogen and oxygen atoms in total. The number of nitrogens with one attached hydrogen (secondary N) is 1. The van der Waals surface area contributed by atoms with Gasteiger partial charge in [0, 0.05) is 41.4 Å². The molecule has 0 bridgehead atoms. The second kappa shape index (κ2) is 9.83. The predicted octanol–water partition coefficient (Wildman–Crippen LogP) is 4.83. The number of carbonyl (C=O) groups excluding carboxylic acids is 1. The molecule has 7 heteroatoms. The number of carbonyl (C=O) groups is 1. The maximum absolute atomic E-state index is 13.9. The Morgan fingerprint density at radius 3 is 2.67 bits per heavy atom. The van der Waals surface area contributed by atoms with Gasteiger partial charge in [0.15, 0.2) is 0 Å². The minimum atomic E-state index is -0.384. The average molecular weight is 451 g/mol. The fourth-order valence-electron chi connectivity index (χ4n) is 4.68. The molecule has 3 aromatic rings. The fourth-order valence-corrected chi connectivity index (χ4v) is 4.68. The van der Waals surface area contributed by atoms with Crippen LogP contribution in [0.1, 0.15) is 50.4 Å². The van der Waals surface area contributed by atoms with E-state index in [0.29, 0.717) is 40.7 Å². The summed E-state index contributed by atoms with van der Waals surface area (Å²) in [5, 5.41) is 3.82. The molecule has 1 aliphatic carbocycles. The van der Waals surface area contributed by atoms with E-state index in [1.54, 1.807) is 24.4 Å². The zero-order valence-corrected chi connectivity index (χ0v) is 18.2. The lowest BCUT2D eigenvalue weighted by atomic mass is 9.85. The lowest BCUT2D eigenvalue weighted by Gasteiger charge is -2.41.